The van der Waals surface area contributed by atoms with Gasteiger partial charge in [0.2, 0.25) is 0 Å². The van der Waals surface area contributed by atoms with Crippen LogP contribution in [0, 0.1) is 0 Å². The van der Waals surface area contributed by atoms with Crippen molar-refractivity contribution in [2.24, 2.45) is 0 Å². The second kappa shape index (κ2) is 5.23. The van der Waals surface area contributed by atoms with Crippen LogP contribution in [-0.4, -0.2) is 25.0 Å². The van der Waals surface area contributed by atoms with Gasteiger partial charge >= 0.3 is 0 Å². The smallest absolute Gasteiger partial charge is 0.177 e. The van der Waals surface area contributed by atoms with Gasteiger partial charge < -0.3 is 0 Å². The van der Waals surface area contributed by atoms with Crippen LogP contribution in [0.2, 0.25) is 0 Å². The highest BCUT2D eigenvalue weighted by atomic mass is 35.5. The standard InChI is InChI=1S/C11H14ClN5/c1-3-9-13-10(4-2)17(16-9)11-6-5-8(7-12)14-15-11/h5-6H,3-4,7H2,1-2H3. The first-order valence-electron chi connectivity index (χ1n) is 5.62. The van der Waals surface area contributed by atoms with E-state index < -0.39 is 0 Å². The predicted octanol–water partition coefficient (Wildman–Crippen LogP) is 1.92. The van der Waals surface area contributed by atoms with E-state index in [1.165, 1.54) is 0 Å². The summed E-state index contributed by atoms with van der Waals surface area (Å²) in [5.74, 6) is 2.77. The number of aryl methyl sites for hydroxylation is 2. The Morgan fingerprint density at radius 3 is 2.53 bits per heavy atom. The van der Waals surface area contributed by atoms with Gasteiger partial charge in [-0.15, -0.1) is 21.8 Å². The van der Waals surface area contributed by atoms with Crippen molar-refractivity contribution in [3.8, 4) is 5.82 Å². The first-order chi connectivity index (χ1) is 8.28. The largest absolute Gasteiger partial charge is 0.216 e. The lowest BCUT2D eigenvalue weighted by Gasteiger charge is -2.02. The molecule has 0 N–H and O–H groups in total. The fourth-order valence-electron chi connectivity index (χ4n) is 1.49. The molecule has 5 nitrogen and oxygen atoms in total. The van der Waals surface area contributed by atoms with Gasteiger partial charge in [0.15, 0.2) is 11.6 Å². The van der Waals surface area contributed by atoms with E-state index in [1.807, 2.05) is 26.0 Å². The molecule has 0 aliphatic carbocycles. The van der Waals surface area contributed by atoms with Crippen LogP contribution in [0.5, 0.6) is 0 Å². The van der Waals surface area contributed by atoms with E-state index in [9.17, 15) is 0 Å². The number of halogens is 1. The predicted molar refractivity (Wildman–Crippen MR) is 65.3 cm³/mol. The molecule has 0 aliphatic rings. The Labute approximate surface area is 105 Å². The lowest BCUT2D eigenvalue weighted by atomic mass is 10.4. The molecule has 0 radical (unpaired) electrons. The van der Waals surface area contributed by atoms with Gasteiger partial charge in [0.1, 0.15) is 5.82 Å². The van der Waals surface area contributed by atoms with Crippen molar-refractivity contribution in [1.29, 1.82) is 0 Å². The highest BCUT2D eigenvalue weighted by Gasteiger charge is 2.10. The summed E-state index contributed by atoms with van der Waals surface area (Å²) < 4.78 is 1.74. The Balaban J connectivity index is 2.40. The molecule has 2 aromatic rings. The monoisotopic (exact) mass is 251 g/mol. The van der Waals surface area contributed by atoms with Crippen molar-refractivity contribution in [2.75, 3.05) is 0 Å². The fraction of sp³-hybridized carbons (Fsp3) is 0.455. The molecule has 6 heteroatoms. The average molecular weight is 252 g/mol. The Morgan fingerprint density at radius 2 is 2.00 bits per heavy atom. The zero-order valence-electron chi connectivity index (χ0n) is 9.89. The van der Waals surface area contributed by atoms with Crippen molar-refractivity contribution in [3.05, 3.63) is 29.5 Å². The van der Waals surface area contributed by atoms with E-state index in [0.29, 0.717) is 11.7 Å². The molecular formula is C11H14ClN5. The second-order valence-corrected chi connectivity index (χ2v) is 3.85. The molecule has 0 fully saturated rings. The molecule has 90 valence electrons. The number of rotatable bonds is 4. The number of nitrogens with zero attached hydrogens (tertiary/aromatic N) is 5. The molecule has 0 saturated heterocycles. The van der Waals surface area contributed by atoms with Gasteiger partial charge in [0, 0.05) is 12.8 Å². The molecule has 0 aromatic carbocycles. The van der Waals surface area contributed by atoms with E-state index in [1.54, 1.807) is 4.68 Å². The first kappa shape index (κ1) is 12.0. The van der Waals surface area contributed by atoms with E-state index in [4.69, 9.17) is 11.6 Å². The van der Waals surface area contributed by atoms with Gasteiger partial charge in [-0.1, -0.05) is 13.8 Å². The third kappa shape index (κ3) is 2.44. The molecule has 0 unspecified atom stereocenters. The zero-order valence-corrected chi connectivity index (χ0v) is 10.6. The van der Waals surface area contributed by atoms with Gasteiger partial charge in [-0.25, -0.2) is 4.98 Å². The van der Waals surface area contributed by atoms with E-state index in [-0.39, 0.29) is 0 Å². The quantitative estimate of drug-likeness (QED) is 0.779. The average Bonchev–Trinajstić information content (AvgIpc) is 2.82. The van der Waals surface area contributed by atoms with Crippen LogP contribution in [0.4, 0.5) is 0 Å². The van der Waals surface area contributed by atoms with Crippen LogP contribution < -0.4 is 0 Å². The maximum atomic E-state index is 5.67. The van der Waals surface area contributed by atoms with Crippen molar-refractivity contribution in [2.45, 2.75) is 32.6 Å². The first-order valence-corrected chi connectivity index (χ1v) is 6.15. The van der Waals surface area contributed by atoms with Crippen LogP contribution in [0.1, 0.15) is 31.2 Å². The molecule has 2 rings (SSSR count). The molecule has 0 saturated carbocycles. The van der Waals surface area contributed by atoms with E-state index in [0.717, 1.165) is 30.2 Å². The Kier molecular flexibility index (Phi) is 3.68. The molecule has 0 atom stereocenters. The number of hydrogen-bond acceptors (Lipinski definition) is 4. The topological polar surface area (TPSA) is 56.5 Å². The summed E-state index contributed by atoms with van der Waals surface area (Å²) in [7, 11) is 0. The van der Waals surface area contributed by atoms with Crippen LogP contribution in [0.3, 0.4) is 0 Å². The van der Waals surface area contributed by atoms with Crippen LogP contribution >= 0.6 is 11.6 Å². The highest BCUT2D eigenvalue weighted by molar-refractivity contribution is 6.16. The fourth-order valence-corrected chi connectivity index (χ4v) is 1.63. The normalized spacial score (nSPS) is 10.8. The summed E-state index contributed by atoms with van der Waals surface area (Å²) in [4.78, 5) is 4.42. The Morgan fingerprint density at radius 1 is 1.18 bits per heavy atom. The lowest BCUT2D eigenvalue weighted by molar-refractivity contribution is 0.746. The maximum absolute atomic E-state index is 5.67. The van der Waals surface area contributed by atoms with E-state index >= 15 is 0 Å². The lowest BCUT2D eigenvalue weighted by Crippen LogP contribution is -2.06. The van der Waals surface area contributed by atoms with Crippen molar-refractivity contribution < 1.29 is 0 Å². The van der Waals surface area contributed by atoms with Crippen molar-refractivity contribution in [3.63, 3.8) is 0 Å². The van der Waals surface area contributed by atoms with Gasteiger partial charge in [0.05, 0.1) is 11.6 Å². The Bertz CT molecular complexity index is 491. The molecule has 17 heavy (non-hydrogen) atoms. The summed E-state index contributed by atoms with van der Waals surface area (Å²) in [5, 5.41) is 12.5. The number of alkyl halides is 1. The van der Waals surface area contributed by atoms with Gasteiger partial charge in [-0.05, 0) is 12.1 Å². The zero-order chi connectivity index (χ0) is 12.3. The summed E-state index contributed by atoms with van der Waals surface area (Å²) in [6.07, 6.45) is 1.62. The van der Waals surface area contributed by atoms with E-state index in [2.05, 4.69) is 20.3 Å². The van der Waals surface area contributed by atoms with Crippen molar-refractivity contribution in [1.82, 2.24) is 25.0 Å². The molecular weight excluding hydrogens is 238 g/mol. The molecule has 2 heterocycles. The summed E-state index contributed by atoms with van der Waals surface area (Å²) in [6.45, 7) is 4.07. The SMILES string of the molecule is CCc1nc(CC)n(-c2ccc(CCl)nn2)n1. The molecule has 0 spiro atoms. The molecule has 0 bridgehead atoms. The van der Waals surface area contributed by atoms with Crippen LogP contribution in [0.25, 0.3) is 5.82 Å². The molecule has 0 aliphatic heterocycles. The molecule has 2 aromatic heterocycles. The third-order valence-electron chi connectivity index (χ3n) is 2.41. The maximum Gasteiger partial charge on any atom is 0.177 e. The summed E-state index contributed by atoms with van der Waals surface area (Å²) >= 11 is 5.67. The number of aromatic nitrogens is 5. The minimum Gasteiger partial charge on any atom is -0.216 e. The van der Waals surface area contributed by atoms with Crippen LogP contribution in [-0.2, 0) is 18.7 Å². The van der Waals surface area contributed by atoms with Gasteiger partial charge in [0.25, 0.3) is 0 Å². The third-order valence-corrected chi connectivity index (χ3v) is 2.68. The summed E-state index contributed by atoms with van der Waals surface area (Å²) in [5.41, 5.74) is 0.754. The second-order valence-electron chi connectivity index (χ2n) is 3.58. The van der Waals surface area contributed by atoms with Gasteiger partial charge in [-0.2, -0.15) is 9.78 Å². The highest BCUT2D eigenvalue weighted by Crippen LogP contribution is 2.09. The Hall–Kier alpha value is -1.49. The van der Waals surface area contributed by atoms with Crippen LogP contribution in [0.15, 0.2) is 12.1 Å². The number of hydrogen-bond donors (Lipinski definition) is 0. The minimum absolute atomic E-state index is 0.367. The minimum atomic E-state index is 0.367. The van der Waals surface area contributed by atoms with Crippen molar-refractivity contribution >= 4 is 11.6 Å². The molecule has 0 amide bonds. The summed E-state index contributed by atoms with van der Waals surface area (Å²) in [6, 6.07) is 3.71. The van der Waals surface area contributed by atoms with Gasteiger partial charge in [-0.3, -0.25) is 0 Å².